The number of carbonyl (C=O) groups excluding carboxylic acids is 1. The topological polar surface area (TPSA) is 48.0 Å². The predicted molar refractivity (Wildman–Crippen MR) is 82.1 cm³/mol. The molecule has 1 aliphatic rings. The Morgan fingerprint density at radius 3 is 2.38 bits per heavy atom. The third-order valence-electron chi connectivity index (χ3n) is 3.40. The highest BCUT2D eigenvalue weighted by atomic mass is 16.7. The van der Waals surface area contributed by atoms with E-state index in [-0.39, 0.29) is 18.3 Å². The van der Waals surface area contributed by atoms with Gasteiger partial charge in [-0.05, 0) is 54.0 Å². The van der Waals surface area contributed by atoms with Gasteiger partial charge >= 0.3 is 5.97 Å². The molecule has 0 bridgehead atoms. The van der Waals surface area contributed by atoms with Crippen molar-refractivity contribution in [1.82, 2.24) is 4.90 Å². The van der Waals surface area contributed by atoms with Crippen LogP contribution in [0.25, 0.3) is 0 Å². The SMILES string of the molecule is CCOC(CCN1CCC[C@@H]1C(=O)OC(C)(C)C)OCC. The number of hydrogen-bond acceptors (Lipinski definition) is 5. The highest BCUT2D eigenvalue weighted by molar-refractivity contribution is 5.76. The molecule has 0 spiro atoms. The van der Waals surface area contributed by atoms with Crippen molar-refractivity contribution >= 4 is 5.97 Å². The lowest BCUT2D eigenvalue weighted by Crippen LogP contribution is -2.41. The van der Waals surface area contributed by atoms with E-state index < -0.39 is 5.60 Å². The maximum atomic E-state index is 12.2. The van der Waals surface area contributed by atoms with Crippen molar-refractivity contribution in [3.8, 4) is 0 Å². The van der Waals surface area contributed by atoms with Crippen molar-refractivity contribution in [2.24, 2.45) is 0 Å². The summed E-state index contributed by atoms with van der Waals surface area (Å²) in [5.41, 5.74) is -0.426. The minimum Gasteiger partial charge on any atom is -0.459 e. The van der Waals surface area contributed by atoms with Crippen molar-refractivity contribution in [3.63, 3.8) is 0 Å². The van der Waals surface area contributed by atoms with Gasteiger partial charge in [-0.15, -0.1) is 0 Å². The first-order chi connectivity index (χ1) is 9.87. The molecule has 0 aromatic heterocycles. The number of rotatable bonds is 8. The fraction of sp³-hybridized carbons (Fsp3) is 0.938. The van der Waals surface area contributed by atoms with Gasteiger partial charge in [0.15, 0.2) is 6.29 Å². The third-order valence-corrected chi connectivity index (χ3v) is 3.40. The van der Waals surface area contributed by atoms with Crippen LogP contribution in [0.2, 0.25) is 0 Å². The van der Waals surface area contributed by atoms with E-state index in [9.17, 15) is 4.79 Å². The Balaban J connectivity index is 2.47. The Labute approximate surface area is 128 Å². The first-order valence-corrected chi connectivity index (χ1v) is 8.07. The summed E-state index contributed by atoms with van der Waals surface area (Å²) in [4.78, 5) is 14.4. The highest BCUT2D eigenvalue weighted by Gasteiger charge is 2.34. The van der Waals surface area contributed by atoms with E-state index in [0.29, 0.717) is 13.2 Å². The van der Waals surface area contributed by atoms with Gasteiger partial charge < -0.3 is 14.2 Å². The van der Waals surface area contributed by atoms with Crippen LogP contribution in [0.1, 0.15) is 53.9 Å². The van der Waals surface area contributed by atoms with Crippen molar-refractivity contribution in [3.05, 3.63) is 0 Å². The van der Waals surface area contributed by atoms with Crippen LogP contribution in [0.4, 0.5) is 0 Å². The predicted octanol–water partition coefficient (Wildman–Crippen LogP) is 2.58. The van der Waals surface area contributed by atoms with Gasteiger partial charge in [-0.25, -0.2) is 0 Å². The van der Waals surface area contributed by atoms with Crippen LogP contribution in [0, 0.1) is 0 Å². The van der Waals surface area contributed by atoms with Crippen LogP contribution >= 0.6 is 0 Å². The van der Waals surface area contributed by atoms with Crippen molar-refractivity contribution in [2.75, 3.05) is 26.3 Å². The Morgan fingerprint density at radius 1 is 1.24 bits per heavy atom. The van der Waals surface area contributed by atoms with Crippen molar-refractivity contribution in [1.29, 1.82) is 0 Å². The summed E-state index contributed by atoms with van der Waals surface area (Å²) in [5, 5.41) is 0. The number of nitrogens with zero attached hydrogens (tertiary/aromatic N) is 1. The van der Waals surface area contributed by atoms with E-state index >= 15 is 0 Å². The molecule has 5 nitrogen and oxygen atoms in total. The second kappa shape index (κ2) is 8.71. The summed E-state index contributed by atoms with van der Waals surface area (Å²) in [5.74, 6) is -0.107. The molecule has 1 atom stereocenters. The molecule has 1 aliphatic heterocycles. The second-order valence-electron chi connectivity index (χ2n) is 6.36. The van der Waals surface area contributed by atoms with Crippen LogP contribution < -0.4 is 0 Å². The van der Waals surface area contributed by atoms with Crippen molar-refractivity contribution < 1.29 is 19.0 Å². The largest absolute Gasteiger partial charge is 0.459 e. The first kappa shape index (κ1) is 18.4. The lowest BCUT2D eigenvalue weighted by molar-refractivity contribution is -0.162. The van der Waals surface area contributed by atoms with Gasteiger partial charge in [-0.3, -0.25) is 9.69 Å². The molecule has 0 amide bonds. The molecule has 1 heterocycles. The molecule has 0 aliphatic carbocycles. The second-order valence-corrected chi connectivity index (χ2v) is 6.36. The Morgan fingerprint density at radius 2 is 1.86 bits per heavy atom. The minimum atomic E-state index is -0.426. The Kier molecular flexibility index (Phi) is 7.63. The smallest absolute Gasteiger partial charge is 0.323 e. The zero-order valence-corrected chi connectivity index (χ0v) is 14.2. The standard InChI is InChI=1S/C16H31NO4/c1-6-19-14(20-7-2)10-12-17-11-8-9-13(17)15(18)21-16(3,4)5/h13-14H,6-12H2,1-5H3/t13-/m1/s1. The molecule has 124 valence electrons. The first-order valence-electron chi connectivity index (χ1n) is 8.07. The van der Waals surface area contributed by atoms with Crippen LogP contribution in [-0.4, -0.2) is 55.1 Å². The summed E-state index contributed by atoms with van der Waals surface area (Å²) < 4.78 is 16.6. The lowest BCUT2D eigenvalue weighted by Gasteiger charge is -2.28. The molecule has 0 radical (unpaired) electrons. The molecule has 0 aromatic carbocycles. The molecule has 21 heavy (non-hydrogen) atoms. The van der Waals surface area contributed by atoms with Crippen LogP contribution in [0.3, 0.4) is 0 Å². The molecule has 0 aromatic rings. The molecule has 1 fully saturated rings. The van der Waals surface area contributed by atoms with Crippen LogP contribution in [-0.2, 0) is 19.0 Å². The summed E-state index contributed by atoms with van der Waals surface area (Å²) >= 11 is 0. The van der Waals surface area contributed by atoms with Gasteiger partial charge in [0.25, 0.3) is 0 Å². The minimum absolute atomic E-state index is 0.107. The summed E-state index contributed by atoms with van der Waals surface area (Å²) in [6.07, 6.45) is 2.52. The lowest BCUT2D eigenvalue weighted by atomic mass is 10.1. The van der Waals surface area contributed by atoms with Gasteiger partial charge in [-0.2, -0.15) is 0 Å². The van der Waals surface area contributed by atoms with E-state index in [4.69, 9.17) is 14.2 Å². The highest BCUT2D eigenvalue weighted by Crippen LogP contribution is 2.21. The molecule has 5 heteroatoms. The zero-order chi connectivity index (χ0) is 15.9. The molecular weight excluding hydrogens is 270 g/mol. The fourth-order valence-electron chi connectivity index (χ4n) is 2.59. The van der Waals surface area contributed by atoms with Crippen LogP contribution in [0.5, 0.6) is 0 Å². The van der Waals surface area contributed by atoms with Gasteiger partial charge in [-0.1, -0.05) is 0 Å². The van der Waals surface area contributed by atoms with Gasteiger partial charge in [0.1, 0.15) is 11.6 Å². The fourth-order valence-corrected chi connectivity index (χ4v) is 2.59. The van der Waals surface area contributed by atoms with Gasteiger partial charge in [0.05, 0.1) is 0 Å². The monoisotopic (exact) mass is 301 g/mol. The van der Waals surface area contributed by atoms with E-state index in [1.165, 1.54) is 0 Å². The normalized spacial score (nSPS) is 20.2. The number of carbonyl (C=O) groups is 1. The summed E-state index contributed by atoms with van der Waals surface area (Å²) in [6, 6.07) is -0.117. The molecule has 0 saturated carbocycles. The van der Waals surface area contributed by atoms with E-state index in [0.717, 1.165) is 32.4 Å². The van der Waals surface area contributed by atoms with E-state index in [1.807, 2.05) is 34.6 Å². The molecule has 1 rings (SSSR count). The molecule has 0 unspecified atom stereocenters. The third kappa shape index (κ3) is 6.76. The van der Waals surface area contributed by atoms with Gasteiger partial charge in [0.2, 0.25) is 0 Å². The average Bonchev–Trinajstić information content (AvgIpc) is 2.83. The zero-order valence-electron chi connectivity index (χ0n) is 14.2. The maximum absolute atomic E-state index is 12.2. The maximum Gasteiger partial charge on any atom is 0.323 e. The number of hydrogen-bond donors (Lipinski definition) is 0. The molecule has 1 saturated heterocycles. The molecule has 0 N–H and O–H groups in total. The summed E-state index contributed by atoms with van der Waals surface area (Å²) in [6.45, 7) is 12.7. The van der Waals surface area contributed by atoms with Gasteiger partial charge in [0, 0.05) is 26.2 Å². The number of esters is 1. The van der Waals surface area contributed by atoms with E-state index in [2.05, 4.69) is 4.90 Å². The van der Waals surface area contributed by atoms with E-state index in [1.54, 1.807) is 0 Å². The Hall–Kier alpha value is -0.650. The number of likely N-dealkylation sites (tertiary alicyclic amines) is 1. The van der Waals surface area contributed by atoms with Crippen LogP contribution in [0.15, 0.2) is 0 Å². The van der Waals surface area contributed by atoms with Crippen molar-refractivity contribution in [2.45, 2.75) is 71.8 Å². The molecular formula is C16H31NO4. The average molecular weight is 301 g/mol. The summed E-state index contributed by atoms with van der Waals surface area (Å²) in [7, 11) is 0. The quantitative estimate of drug-likeness (QED) is 0.509. The Bertz CT molecular complexity index is 308. The number of ether oxygens (including phenoxy) is 3.